The molecule has 3 heteroatoms. The van der Waals surface area contributed by atoms with Gasteiger partial charge in [0.25, 0.3) is 0 Å². The fraction of sp³-hybridized carbons (Fsp3) is 0.176. The minimum Gasteiger partial charge on any atom is -0.306 e. The maximum absolute atomic E-state index is 11.4. The molecule has 0 aromatic heterocycles. The lowest BCUT2D eigenvalue weighted by Gasteiger charge is -2.07. The molecule has 1 aliphatic carbocycles. The second kappa shape index (κ2) is 5.73. The maximum atomic E-state index is 11.4. The van der Waals surface area contributed by atoms with Crippen LogP contribution in [0.4, 0.5) is 0 Å². The van der Waals surface area contributed by atoms with E-state index in [0.717, 1.165) is 11.1 Å². The largest absolute Gasteiger partial charge is 0.306 e. The highest BCUT2D eigenvalue weighted by molar-refractivity contribution is 7.80. The van der Waals surface area contributed by atoms with E-state index < -0.39 is 11.1 Å². The predicted octanol–water partition coefficient (Wildman–Crippen LogP) is 3.98. The van der Waals surface area contributed by atoms with Crippen LogP contribution in [0.15, 0.2) is 60.7 Å². The van der Waals surface area contributed by atoms with Crippen molar-refractivity contribution in [3.63, 3.8) is 0 Å². The van der Waals surface area contributed by atoms with E-state index in [1.165, 1.54) is 11.1 Å². The molecular weight excluding hydrogens is 268 g/mol. The van der Waals surface area contributed by atoms with E-state index in [1.807, 2.05) is 36.4 Å². The van der Waals surface area contributed by atoms with Gasteiger partial charge in [0.05, 0.1) is 5.25 Å². The summed E-state index contributed by atoms with van der Waals surface area (Å²) in [6.07, 6.45) is 1.33. The zero-order valence-corrected chi connectivity index (χ0v) is 11.8. The minimum absolute atomic E-state index is 0.194. The Labute approximate surface area is 121 Å². The molecule has 0 radical (unpaired) electrons. The molecule has 1 unspecified atom stereocenters. The minimum atomic E-state index is -1.77. The van der Waals surface area contributed by atoms with Gasteiger partial charge in [0.15, 0.2) is 11.1 Å². The summed E-state index contributed by atoms with van der Waals surface area (Å²) >= 11 is -1.77. The van der Waals surface area contributed by atoms with Crippen molar-refractivity contribution in [1.82, 2.24) is 0 Å². The van der Waals surface area contributed by atoms with Crippen molar-refractivity contribution in [1.29, 1.82) is 0 Å². The lowest BCUT2D eigenvalue weighted by Crippen LogP contribution is -2.10. The highest BCUT2D eigenvalue weighted by Crippen LogP contribution is 2.41. The Morgan fingerprint density at radius 1 is 0.800 bits per heavy atom. The molecular formula is C17H16O2S. The first-order valence-electron chi connectivity index (χ1n) is 6.68. The number of allylic oxidation sites excluding steroid dienone is 2. The molecule has 3 rings (SSSR count). The fourth-order valence-corrected chi connectivity index (χ4v) is 3.40. The van der Waals surface area contributed by atoms with E-state index in [2.05, 4.69) is 24.3 Å². The second-order valence-corrected chi connectivity index (χ2v) is 6.21. The van der Waals surface area contributed by atoms with Crippen molar-refractivity contribution >= 4 is 22.2 Å². The Hall–Kier alpha value is -1.71. The molecule has 0 saturated carbocycles. The summed E-state index contributed by atoms with van der Waals surface area (Å²) in [7, 11) is 0. The molecule has 1 aliphatic rings. The maximum Gasteiger partial charge on any atom is 0.156 e. The molecule has 102 valence electrons. The molecule has 1 N–H and O–H groups in total. The van der Waals surface area contributed by atoms with Gasteiger partial charge in [-0.1, -0.05) is 60.7 Å². The summed E-state index contributed by atoms with van der Waals surface area (Å²) in [4.78, 5) is 0. The summed E-state index contributed by atoms with van der Waals surface area (Å²) in [6.45, 7) is 0. The van der Waals surface area contributed by atoms with Crippen LogP contribution in [-0.2, 0) is 11.1 Å². The molecule has 1 atom stereocenters. The number of benzene rings is 2. The summed E-state index contributed by atoms with van der Waals surface area (Å²) in [5, 5.41) is -0.194. The van der Waals surface area contributed by atoms with Crippen molar-refractivity contribution in [2.45, 2.75) is 18.1 Å². The fourth-order valence-electron chi connectivity index (χ4n) is 2.78. The predicted molar refractivity (Wildman–Crippen MR) is 83.5 cm³/mol. The average Bonchev–Trinajstić information content (AvgIpc) is 2.94. The van der Waals surface area contributed by atoms with Gasteiger partial charge in [-0.15, -0.1) is 0 Å². The van der Waals surface area contributed by atoms with Gasteiger partial charge in [-0.3, -0.25) is 0 Å². The third kappa shape index (κ3) is 2.60. The van der Waals surface area contributed by atoms with Gasteiger partial charge in [-0.25, -0.2) is 4.21 Å². The Morgan fingerprint density at radius 2 is 1.20 bits per heavy atom. The third-order valence-electron chi connectivity index (χ3n) is 3.76. The van der Waals surface area contributed by atoms with Crippen LogP contribution < -0.4 is 0 Å². The second-order valence-electron chi connectivity index (χ2n) is 5.00. The Balaban J connectivity index is 2.06. The van der Waals surface area contributed by atoms with Crippen LogP contribution in [0.5, 0.6) is 0 Å². The van der Waals surface area contributed by atoms with Crippen molar-refractivity contribution in [2.24, 2.45) is 0 Å². The first kappa shape index (κ1) is 13.3. The first-order chi connectivity index (χ1) is 9.75. The molecule has 0 heterocycles. The molecule has 2 nitrogen and oxygen atoms in total. The molecule has 0 bridgehead atoms. The zero-order valence-electron chi connectivity index (χ0n) is 11.0. The van der Waals surface area contributed by atoms with E-state index in [0.29, 0.717) is 12.8 Å². The van der Waals surface area contributed by atoms with Crippen molar-refractivity contribution < 1.29 is 8.76 Å². The van der Waals surface area contributed by atoms with Gasteiger partial charge >= 0.3 is 0 Å². The van der Waals surface area contributed by atoms with E-state index in [9.17, 15) is 8.76 Å². The molecule has 0 amide bonds. The van der Waals surface area contributed by atoms with Crippen LogP contribution in [0.2, 0.25) is 0 Å². The van der Waals surface area contributed by atoms with E-state index in [4.69, 9.17) is 0 Å². The van der Waals surface area contributed by atoms with Crippen molar-refractivity contribution in [3.05, 3.63) is 71.8 Å². The molecule has 0 fully saturated rings. The molecule has 0 saturated heterocycles. The lowest BCUT2D eigenvalue weighted by atomic mass is 9.97. The topological polar surface area (TPSA) is 37.3 Å². The van der Waals surface area contributed by atoms with Crippen LogP contribution in [0.25, 0.3) is 11.1 Å². The zero-order chi connectivity index (χ0) is 13.9. The summed E-state index contributed by atoms with van der Waals surface area (Å²) in [5.41, 5.74) is 4.70. The molecule has 20 heavy (non-hydrogen) atoms. The summed E-state index contributed by atoms with van der Waals surface area (Å²) in [5.74, 6) is 0. The number of hydrogen-bond donors (Lipinski definition) is 1. The smallest absolute Gasteiger partial charge is 0.156 e. The Kier molecular flexibility index (Phi) is 3.81. The normalized spacial score (nSPS) is 17.4. The van der Waals surface area contributed by atoms with Gasteiger partial charge in [-0.2, -0.15) is 0 Å². The van der Waals surface area contributed by atoms with Crippen LogP contribution in [0.1, 0.15) is 24.0 Å². The van der Waals surface area contributed by atoms with Crippen molar-refractivity contribution in [3.8, 4) is 0 Å². The summed E-state index contributed by atoms with van der Waals surface area (Å²) in [6, 6.07) is 20.3. The number of hydrogen-bond acceptors (Lipinski definition) is 1. The van der Waals surface area contributed by atoms with Crippen LogP contribution in [-0.4, -0.2) is 14.0 Å². The Bertz CT molecular complexity index is 596. The average molecular weight is 284 g/mol. The highest BCUT2D eigenvalue weighted by atomic mass is 32.2. The van der Waals surface area contributed by atoms with Gasteiger partial charge < -0.3 is 4.55 Å². The third-order valence-corrected chi connectivity index (χ3v) is 4.66. The van der Waals surface area contributed by atoms with E-state index in [1.54, 1.807) is 0 Å². The summed E-state index contributed by atoms with van der Waals surface area (Å²) < 4.78 is 20.9. The van der Waals surface area contributed by atoms with Crippen LogP contribution in [0.3, 0.4) is 0 Å². The standard InChI is InChI=1S/C17H16O2S/c18-20(19)15-11-16(13-7-3-1-4-8-13)17(12-15)14-9-5-2-6-10-14/h1-10,15H,11-12H2,(H,18,19). The van der Waals surface area contributed by atoms with Crippen LogP contribution in [0, 0.1) is 0 Å². The molecule has 2 aromatic carbocycles. The SMILES string of the molecule is O=S(O)C1CC(c2ccccc2)=C(c2ccccc2)C1. The first-order valence-corrected chi connectivity index (χ1v) is 7.85. The Morgan fingerprint density at radius 3 is 1.55 bits per heavy atom. The monoisotopic (exact) mass is 284 g/mol. The van der Waals surface area contributed by atoms with E-state index >= 15 is 0 Å². The van der Waals surface area contributed by atoms with E-state index in [-0.39, 0.29) is 5.25 Å². The molecule has 0 aliphatic heterocycles. The van der Waals surface area contributed by atoms with Crippen LogP contribution >= 0.6 is 0 Å². The quantitative estimate of drug-likeness (QED) is 0.866. The number of rotatable bonds is 3. The van der Waals surface area contributed by atoms with Crippen molar-refractivity contribution in [2.75, 3.05) is 0 Å². The van der Waals surface area contributed by atoms with Gasteiger partial charge in [0, 0.05) is 0 Å². The lowest BCUT2D eigenvalue weighted by molar-refractivity contribution is 0.550. The van der Waals surface area contributed by atoms with Gasteiger partial charge in [0.2, 0.25) is 0 Å². The van der Waals surface area contributed by atoms with Gasteiger partial charge in [0.1, 0.15) is 0 Å². The highest BCUT2D eigenvalue weighted by Gasteiger charge is 2.29. The molecule has 0 spiro atoms. The molecule has 2 aromatic rings. The van der Waals surface area contributed by atoms with Gasteiger partial charge in [-0.05, 0) is 35.1 Å².